The van der Waals surface area contributed by atoms with Gasteiger partial charge in [0.05, 0.1) is 26.6 Å². The summed E-state index contributed by atoms with van der Waals surface area (Å²) in [7, 11) is 4.49. The van der Waals surface area contributed by atoms with Crippen molar-refractivity contribution in [3.8, 4) is 17.2 Å². The van der Waals surface area contributed by atoms with Crippen molar-refractivity contribution in [1.82, 2.24) is 14.7 Å². The summed E-state index contributed by atoms with van der Waals surface area (Å²) in [4.78, 5) is 44.7. The molecule has 0 bridgehead atoms. The largest absolute Gasteiger partial charge is 0.496 e. The molecule has 4 aromatic rings. The fourth-order valence-electron chi connectivity index (χ4n) is 4.02. The van der Waals surface area contributed by atoms with Crippen LogP contribution in [-0.2, 0) is 9.59 Å². The molecule has 0 aliphatic carbocycles. The Morgan fingerprint density at radius 1 is 0.913 bits per heavy atom. The summed E-state index contributed by atoms with van der Waals surface area (Å²) in [5, 5.41) is 9.00. The van der Waals surface area contributed by atoms with E-state index in [1.54, 1.807) is 67.6 Å². The van der Waals surface area contributed by atoms with Crippen molar-refractivity contribution in [3.63, 3.8) is 0 Å². The van der Waals surface area contributed by atoms with Gasteiger partial charge in [-0.3, -0.25) is 19.7 Å². The molecule has 0 saturated heterocycles. The maximum atomic E-state index is 13.7. The minimum absolute atomic E-state index is 0.0390. The Morgan fingerprint density at radius 2 is 1.63 bits per heavy atom. The smallest absolute Gasteiger partial charge is 0.272 e. The van der Waals surface area contributed by atoms with Crippen molar-refractivity contribution in [2.75, 3.05) is 37.7 Å². The summed E-state index contributed by atoms with van der Waals surface area (Å²) in [5.41, 5.74) is 1.27. The van der Waals surface area contributed by atoms with Gasteiger partial charge in [-0.05, 0) is 55.2 Å². The number of nitrogens with one attached hydrogen (secondary N) is 3. The van der Waals surface area contributed by atoms with Gasteiger partial charge in [0.2, 0.25) is 16.2 Å². The van der Waals surface area contributed by atoms with E-state index in [0.717, 1.165) is 22.2 Å². The molecule has 1 aromatic heterocycles. The highest BCUT2D eigenvalue weighted by molar-refractivity contribution is 8.00. The van der Waals surface area contributed by atoms with Crippen LogP contribution in [0.4, 0.5) is 10.8 Å². The second kappa shape index (κ2) is 16.7. The normalized spacial score (nSPS) is 11.7. The van der Waals surface area contributed by atoms with Crippen LogP contribution in [0.5, 0.6) is 17.2 Å². The average Bonchev–Trinajstić information content (AvgIpc) is 3.51. The molecule has 0 spiro atoms. The molecule has 3 N–H and O–H groups in total. The number of carbonyl (C=O) groups is 3. The Kier molecular flexibility index (Phi) is 12.5. The van der Waals surface area contributed by atoms with Gasteiger partial charge < -0.3 is 24.8 Å². The van der Waals surface area contributed by atoms with E-state index in [0.29, 0.717) is 44.4 Å². The molecule has 46 heavy (non-hydrogen) atoms. The fraction of sp³-hybridized carbons (Fsp3) is 0.219. The number of carbonyl (C=O) groups excluding carboxylic acids is 3. The molecular weight excluding hydrogens is 647 g/mol. The first-order chi connectivity index (χ1) is 22.2. The molecular formula is C32H33N5O6S3. The van der Waals surface area contributed by atoms with E-state index in [1.165, 1.54) is 50.9 Å². The average molecular weight is 680 g/mol. The van der Waals surface area contributed by atoms with Crippen LogP contribution in [0.25, 0.3) is 6.08 Å². The topological polar surface area (TPSA) is 141 Å². The zero-order valence-electron chi connectivity index (χ0n) is 25.8. The number of anilines is 2. The van der Waals surface area contributed by atoms with Crippen molar-refractivity contribution in [2.45, 2.75) is 29.1 Å². The molecule has 3 amide bonds. The van der Waals surface area contributed by atoms with Gasteiger partial charge >= 0.3 is 0 Å². The van der Waals surface area contributed by atoms with E-state index in [1.807, 2.05) is 13.0 Å². The lowest BCUT2D eigenvalue weighted by atomic mass is 10.1. The van der Waals surface area contributed by atoms with Gasteiger partial charge in [-0.1, -0.05) is 43.0 Å². The summed E-state index contributed by atoms with van der Waals surface area (Å²) in [5.74, 6) is 0.824. The first-order valence-electron chi connectivity index (χ1n) is 14.0. The van der Waals surface area contributed by atoms with E-state index in [4.69, 9.17) is 14.2 Å². The Morgan fingerprint density at radius 3 is 2.33 bits per heavy atom. The molecule has 11 nitrogen and oxygen atoms in total. The third kappa shape index (κ3) is 9.25. The standard InChI is InChI=1S/C32H33N5O6S3/c1-6-44-32-36-31(46-37-32)35-28(38)19(2)45-23-14-10-13-22(17-23)33-30(40)24(34-29(39)20-11-8-7-9-12-20)15-21-16-26(42-4)27(43-5)18-25(21)41-3/h7-19H,6H2,1-5H3,(H,33,40)(H,34,39)(H,35,36,37,38)/b24-15+. The fourth-order valence-corrected chi connectivity index (χ4v) is 6.22. The SMILES string of the molecule is CCSc1nsc(NC(=O)C(C)Sc2cccc(NC(=O)/C(=C\c3cc(OC)c(OC)cc3OC)NC(=O)c3ccccc3)c2)n1. The van der Waals surface area contributed by atoms with Gasteiger partial charge in [0.25, 0.3) is 11.8 Å². The Labute approximate surface area is 279 Å². The number of rotatable bonds is 14. The predicted molar refractivity (Wildman–Crippen MR) is 183 cm³/mol. The van der Waals surface area contributed by atoms with Crippen LogP contribution < -0.4 is 30.2 Å². The Balaban J connectivity index is 1.55. The Bertz CT molecular complexity index is 1710. The molecule has 0 fully saturated rings. The lowest BCUT2D eigenvalue weighted by Crippen LogP contribution is -2.30. The van der Waals surface area contributed by atoms with Crippen LogP contribution in [0, 0.1) is 0 Å². The van der Waals surface area contributed by atoms with Crippen molar-refractivity contribution in [3.05, 3.63) is 83.6 Å². The van der Waals surface area contributed by atoms with Crippen LogP contribution in [0.1, 0.15) is 29.8 Å². The highest BCUT2D eigenvalue weighted by atomic mass is 32.2. The van der Waals surface area contributed by atoms with Crippen molar-refractivity contribution in [2.24, 2.45) is 0 Å². The van der Waals surface area contributed by atoms with Crippen LogP contribution >= 0.6 is 35.1 Å². The molecule has 0 aliphatic heterocycles. The lowest BCUT2D eigenvalue weighted by Gasteiger charge is -2.15. The molecule has 240 valence electrons. The summed E-state index contributed by atoms with van der Waals surface area (Å²) >= 11 is 3.96. The quantitative estimate of drug-likeness (QED) is 0.104. The van der Waals surface area contributed by atoms with Gasteiger partial charge in [0, 0.05) is 39.3 Å². The highest BCUT2D eigenvalue weighted by Gasteiger charge is 2.20. The van der Waals surface area contributed by atoms with Crippen LogP contribution in [0.2, 0.25) is 0 Å². The summed E-state index contributed by atoms with van der Waals surface area (Å²) in [6.07, 6.45) is 1.50. The third-order valence-electron chi connectivity index (χ3n) is 6.25. The number of thioether (sulfide) groups is 2. The van der Waals surface area contributed by atoms with Gasteiger partial charge in [0.15, 0.2) is 11.5 Å². The molecule has 0 radical (unpaired) electrons. The molecule has 1 heterocycles. The minimum Gasteiger partial charge on any atom is -0.496 e. The second-order valence-corrected chi connectivity index (χ2v) is 12.8. The van der Waals surface area contributed by atoms with E-state index in [9.17, 15) is 14.4 Å². The van der Waals surface area contributed by atoms with E-state index in [2.05, 4.69) is 25.3 Å². The van der Waals surface area contributed by atoms with E-state index in [-0.39, 0.29) is 11.6 Å². The second-order valence-electron chi connectivity index (χ2n) is 9.37. The molecule has 14 heteroatoms. The monoisotopic (exact) mass is 679 g/mol. The van der Waals surface area contributed by atoms with Gasteiger partial charge in [0.1, 0.15) is 11.4 Å². The van der Waals surface area contributed by atoms with E-state index < -0.39 is 17.1 Å². The summed E-state index contributed by atoms with van der Waals surface area (Å²) in [6, 6.07) is 18.9. The van der Waals surface area contributed by atoms with Crippen molar-refractivity contribution < 1.29 is 28.6 Å². The van der Waals surface area contributed by atoms with E-state index >= 15 is 0 Å². The molecule has 1 atom stereocenters. The van der Waals surface area contributed by atoms with Gasteiger partial charge in [-0.15, -0.1) is 11.8 Å². The number of hydrogen-bond acceptors (Lipinski definition) is 11. The molecule has 1 unspecified atom stereocenters. The zero-order chi connectivity index (χ0) is 33.1. The van der Waals surface area contributed by atoms with Crippen LogP contribution in [0.3, 0.4) is 0 Å². The number of ether oxygens (including phenoxy) is 3. The van der Waals surface area contributed by atoms with Gasteiger partial charge in [-0.2, -0.15) is 9.36 Å². The lowest BCUT2D eigenvalue weighted by molar-refractivity contribution is -0.115. The predicted octanol–water partition coefficient (Wildman–Crippen LogP) is 6.20. The number of aromatic nitrogens is 2. The summed E-state index contributed by atoms with van der Waals surface area (Å²) in [6.45, 7) is 3.79. The van der Waals surface area contributed by atoms with Crippen LogP contribution in [-0.4, -0.2) is 59.4 Å². The molecule has 0 aliphatic rings. The number of methoxy groups -OCH3 is 3. The number of benzene rings is 3. The highest BCUT2D eigenvalue weighted by Crippen LogP contribution is 2.36. The number of nitrogens with zero attached hydrogens (tertiary/aromatic N) is 2. The maximum Gasteiger partial charge on any atom is 0.272 e. The van der Waals surface area contributed by atoms with Gasteiger partial charge in [-0.25, -0.2) is 0 Å². The van der Waals surface area contributed by atoms with Crippen LogP contribution in [0.15, 0.2) is 82.5 Å². The molecule has 3 aromatic carbocycles. The maximum absolute atomic E-state index is 13.7. The summed E-state index contributed by atoms with van der Waals surface area (Å²) < 4.78 is 20.6. The van der Waals surface area contributed by atoms with Crippen molar-refractivity contribution in [1.29, 1.82) is 0 Å². The zero-order valence-corrected chi connectivity index (χ0v) is 28.2. The molecule has 0 saturated carbocycles. The Hall–Kier alpha value is -4.53. The number of amides is 3. The number of hydrogen-bond donors (Lipinski definition) is 3. The van der Waals surface area contributed by atoms with Crippen molar-refractivity contribution >= 4 is 69.7 Å². The first kappa shape index (κ1) is 34.3. The first-order valence-corrected chi connectivity index (χ1v) is 16.6. The third-order valence-corrected chi connectivity index (χ3v) is 8.82. The minimum atomic E-state index is -0.578. The molecule has 4 rings (SSSR count).